The predicted molar refractivity (Wildman–Crippen MR) is 54.9 cm³/mol. The number of nitrogens with zero attached hydrogens (tertiary/aromatic N) is 1. The van der Waals surface area contributed by atoms with Gasteiger partial charge in [-0.05, 0) is 25.0 Å². The maximum absolute atomic E-state index is 8.97. The Hall–Kier alpha value is -0.600. The number of hydrogen-bond donors (Lipinski definition) is 1. The van der Waals surface area contributed by atoms with Crippen LogP contribution in [0.2, 0.25) is 0 Å². The highest BCUT2D eigenvalue weighted by Crippen LogP contribution is 2.17. The van der Waals surface area contributed by atoms with Crippen molar-refractivity contribution in [2.75, 3.05) is 19.7 Å². The SMILES string of the molecule is CCCCC[N+]1(CCO)C=CC=C1. The van der Waals surface area contributed by atoms with Gasteiger partial charge in [0.05, 0.1) is 13.2 Å². The second-order valence-electron chi connectivity index (χ2n) is 3.66. The van der Waals surface area contributed by atoms with E-state index in [2.05, 4.69) is 31.5 Å². The van der Waals surface area contributed by atoms with E-state index in [0.717, 1.165) is 17.6 Å². The third kappa shape index (κ3) is 2.98. The number of allylic oxidation sites excluding steroid dienone is 2. The lowest BCUT2D eigenvalue weighted by atomic mass is 10.2. The Bertz CT molecular complexity index is 184. The van der Waals surface area contributed by atoms with Crippen LogP contribution in [0.5, 0.6) is 0 Å². The molecule has 1 rings (SSSR count). The number of aliphatic hydroxyl groups is 1. The van der Waals surface area contributed by atoms with Crippen molar-refractivity contribution in [1.29, 1.82) is 0 Å². The van der Waals surface area contributed by atoms with Gasteiger partial charge in [0.25, 0.3) is 0 Å². The van der Waals surface area contributed by atoms with Gasteiger partial charge in [-0.3, -0.25) is 4.48 Å². The van der Waals surface area contributed by atoms with E-state index in [9.17, 15) is 0 Å². The van der Waals surface area contributed by atoms with Crippen LogP contribution in [0.25, 0.3) is 0 Å². The van der Waals surface area contributed by atoms with Gasteiger partial charge in [0.1, 0.15) is 18.9 Å². The zero-order valence-electron chi connectivity index (χ0n) is 8.45. The Balaban J connectivity index is 2.39. The van der Waals surface area contributed by atoms with Gasteiger partial charge in [0.2, 0.25) is 0 Å². The van der Waals surface area contributed by atoms with E-state index in [0.29, 0.717) is 0 Å². The van der Waals surface area contributed by atoms with Gasteiger partial charge in [-0.15, -0.1) is 0 Å². The molecule has 0 unspecified atom stereocenters. The van der Waals surface area contributed by atoms with Crippen LogP contribution in [-0.2, 0) is 0 Å². The molecule has 1 aliphatic rings. The first-order valence-corrected chi connectivity index (χ1v) is 5.17. The quantitative estimate of drug-likeness (QED) is 0.492. The maximum Gasteiger partial charge on any atom is 0.111 e. The molecule has 0 atom stereocenters. The lowest BCUT2D eigenvalue weighted by molar-refractivity contribution is -0.826. The number of hydrogen-bond acceptors (Lipinski definition) is 1. The average molecular weight is 182 g/mol. The van der Waals surface area contributed by atoms with Crippen LogP contribution in [0, 0.1) is 0 Å². The first-order chi connectivity index (χ1) is 6.33. The molecule has 2 heteroatoms. The molecule has 0 saturated heterocycles. The minimum Gasteiger partial charge on any atom is -0.390 e. The summed E-state index contributed by atoms with van der Waals surface area (Å²) < 4.78 is 0.844. The molecular weight excluding hydrogens is 162 g/mol. The van der Waals surface area contributed by atoms with E-state index in [4.69, 9.17) is 5.11 Å². The second kappa shape index (κ2) is 5.20. The van der Waals surface area contributed by atoms with Crippen LogP contribution in [-0.4, -0.2) is 29.3 Å². The summed E-state index contributed by atoms with van der Waals surface area (Å²) in [5, 5.41) is 8.97. The molecule has 0 amide bonds. The highest BCUT2D eigenvalue weighted by molar-refractivity contribution is 5.03. The normalized spacial score (nSPS) is 18.3. The molecular formula is C11H20NO+. The Labute approximate surface area is 80.8 Å². The largest absolute Gasteiger partial charge is 0.390 e. The Morgan fingerprint density at radius 3 is 2.31 bits per heavy atom. The van der Waals surface area contributed by atoms with E-state index in [1.54, 1.807) is 0 Å². The molecule has 0 aliphatic carbocycles. The van der Waals surface area contributed by atoms with E-state index < -0.39 is 0 Å². The second-order valence-corrected chi connectivity index (χ2v) is 3.66. The molecule has 0 aromatic heterocycles. The minimum absolute atomic E-state index is 0.265. The molecule has 1 heterocycles. The lowest BCUT2D eigenvalue weighted by Gasteiger charge is -2.28. The van der Waals surface area contributed by atoms with Crippen molar-refractivity contribution < 1.29 is 9.59 Å². The van der Waals surface area contributed by atoms with Crippen molar-refractivity contribution in [2.24, 2.45) is 0 Å². The third-order valence-corrected chi connectivity index (χ3v) is 2.57. The summed E-state index contributed by atoms with van der Waals surface area (Å²) in [6.07, 6.45) is 12.3. The van der Waals surface area contributed by atoms with Gasteiger partial charge >= 0.3 is 0 Å². The van der Waals surface area contributed by atoms with Crippen LogP contribution in [0.1, 0.15) is 26.2 Å². The molecule has 1 aliphatic heterocycles. The highest BCUT2D eigenvalue weighted by atomic mass is 16.3. The summed E-state index contributed by atoms with van der Waals surface area (Å²) in [4.78, 5) is 0. The molecule has 0 aromatic rings. The van der Waals surface area contributed by atoms with Gasteiger partial charge in [-0.1, -0.05) is 13.3 Å². The molecule has 0 aromatic carbocycles. The Morgan fingerprint density at radius 2 is 1.77 bits per heavy atom. The smallest absolute Gasteiger partial charge is 0.111 e. The average Bonchev–Trinajstić information content (AvgIpc) is 2.55. The lowest BCUT2D eigenvalue weighted by Crippen LogP contribution is -2.39. The predicted octanol–water partition coefficient (Wildman–Crippen LogP) is 2.03. The van der Waals surface area contributed by atoms with Crippen LogP contribution in [0.3, 0.4) is 0 Å². The molecule has 13 heavy (non-hydrogen) atoms. The van der Waals surface area contributed by atoms with Crippen LogP contribution in [0.4, 0.5) is 0 Å². The number of aliphatic hydroxyl groups excluding tert-OH is 1. The number of rotatable bonds is 6. The molecule has 0 radical (unpaired) electrons. The summed E-state index contributed by atoms with van der Waals surface area (Å²) >= 11 is 0. The van der Waals surface area contributed by atoms with Crippen LogP contribution < -0.4 is 0 Å². The fourth-order valence-electron chi connectivity index (χ4n) is 1.74. The fraction of sp³-hybridized carbons (Fsp3) is 0.636. The molecule has 0 saturated carbocycles. The zero-order chi connectivity index (χ0) is 9.57. The Morgan fingerprint density at radius 1 is 1.08 bits per heavy atom. The van der Waals surface area contributed by atoms with Crippen LogP contribution >= 0.6 is 0 Å². The van der Waals surface area contributed by atoms with E-state index in [-0.39, 0.29) is 6.61 Å². The molecule has 0 bridgehead atoms. The summed E-state index contributed by atoms with van der Waals surface area (Å²) in [6.45, 7) is 4.42. The maximum atomic E-state index is 8.97. The minimum atomic E-state index is 0.265. The topological polar surface area (TPSA) is 20.2 Å². The van der Waals surface area contributed by atoms with Crippen molar-refractivity contribution in [1.82, 2.24) is 0 Å². The fourth-order valence-corrected chi connectivity index (χ4v) is 1.74. The summed E-state index contributed by atoms with van der Waals surface area (Å²) in [5.74, 6) is 0. The summed E-state index contributed by atoms with van der Waals surface area (Å²) in [7, 11) is 0. The van der Waals surface area contributed by atoms with Crippen molar-refractivity contribution in [3.63, 3.8) is 0 Å². The zero-order valence-corrected chi connectivity index (χ0v) is 8.45. The first kappa shape index (κ1) is 10.5. The van der Waals surface area contributed by atoms with Gasteiger partial charge in [-0.2, -0.15) is 0 Å². The molecule has 74 valence electrons. The van der Waals surface area contributed by atoms with Gasteiger partial charge in [0, 0.05) is 0 Å². The van der Waals surface area contributed by atoms with Gasteiger partial charge in [-0.25, -0.2) is 0 Å². The summed E-state index contributed by atoms with van der Waals surface area (Å²) in [6, 6.07) is 0. The van der Waals surface area contributed by atoms with Gasteiger partial charge < -0.3 is 5.11 Å². The number of quaternary nitrogens is 1. The van der Waals surface area contributed by atoms with Crippen molar-refractivity contribution in [3.8, 4) is 0 Å². The molecule has 2 nitrogen and oxygen atoms in total. The van der Waals surface area contributed by atoms with E-state index in [1.807, 2.05) is 0 Å². The third-order valence-electron chi connectivity index (χ3n) is 2.57. The molecule has 0 fully saturated rings. The van der Waals surface area contributed by atoms with E-state index >= 15 is 0 Å². The molecule has 1 N–H and O–H groups in total. The van der Waals surface area contributed by atoms with E-state index in [1.165, 1.54) is 19.3 Å². The summed E-state index contributed by atoms with van der Waals surface area (Å²) in [5.41, 5.74) is 0. The van der Waals surface area contributed by atoms with Crippen LogP contribution in [0.15, 0.2) is 24.6 Å². The van der Waals surface area contributed by atoms with Gasteiger partial charge in [0.15, 0.2) is 0 Å². The standard InChI is InChI=1S/C11H20NO/c1-2-3-4-7-12(10-11-13)8-5-6-9-12/h5-6,8-9,13H,2-4,7,10-11H2,1H3/q+1. The van der Waals surface area contributed by atoms with Crippen molar-refractivity contribution in [3.05, 3.63) is 24.6 Å². The van der Waals surface area contributed by atoms with Crippen molar-refractivity contribution >= 4 is 0 Å². The highest BCUT2D eigenvalue weighted by Gasteiger charge is 2.22. The number of unbranched alkanes of at least 4 members (excludes halogenated alkanes) is 2. The molecule has 0 spiro atoms. The van der Waals surface area contributed by atoms with Crippen molar-refractivity contribution in [2.45, 2.75) is 26.2 Å². The Kier molecular flexibility index (Phi) is 4.19. The first-order valence-electron chi connectivity index (χ1n) is 5.17. The monoisotopic (exact) mass is 182 g/mol.